The van der Waals surface area contributed by atoms with E-state index in [1.165, 1.54) is 13.2 Å². The minimum atomic E-state index is -0.550. The molecule has 0 aliphatic carbocycles. The lowest BCUT2D eigenvalue weighted by Crippen LogP contribution is -2.43. The highest BCUT2D eigenvalue weighted by molar-refractivity contribution is 9.10. The average Bonchev–Trinajstić information content (AvgIpc) is 2.59. The summed E-state index contributed by atoms with van der Waals surface area (Å²) >= 11 is 9.17. The third-order valence-corrected chi connectivity index (χ3v) is 3.67. The van der Waals surface area contributed by atoms with Crippen LogP contribution in [0.25, 0.3) is 0 Å². The van der Waals surface area contributed by atoms with Crippen LogP contribution in [-0.2, 0) is 4.79 Å². The number of nitrogens with one attached hydrogen (secondary N) is 2. The van der Waals surface area contributed by atoms with Crippen LogP contribution in [-0.4, -0.2) is 25.5 Å². The minimum Gasteiger partial charge on any atom is -0.496 e. The third-order valence-electron chi connectivity index (χ3n) is 2.91. The van der Waals surface area contributed by atoms with Gasteiger partial charge in [-0.25, -0.2) is 0 Å². The Morgan fingerprint density at radius 3 is 2.50 bits per heavy atom. The number of benzene rings is 2. The van der Waals surface area contributed by atoms with E-state index < -0.39 is 11.8 Å². The number of hydrazine groups is 1. The number of carbonyl (C=O) groups is 2. The van der Waals surface area contributed by atoms with Crippen LogP contribution >= 0.6 is 27.5 Å². The van der Waals surface area contributed by atoms with Crippen molar-refractivity contribution in [3.8, 4) is 11.5 Å². The average molecular weight is 414 g/mol. The fraction of sp³-hybridized carbons (Fsp3) is 0.125. The molecule has 0 radical (unpaired) electrons. The van der Waals surface area contributed by atoms with Crippen LogP contribution in [0.15, 0.2) is 46.9 Å². The maximum atomic E-state index is 12.1. The Balaban J connectivity index is 1.86. The van der Waals surface area contributed by atoms with Crippen molar-refractivity contribution >= 4 is 39.3 Å². The molecule has 2 amide bonds. The van der Waals surface area contributed by atoms with Crippen molar-refractivity contribution in [1.82, 2.24) is 10.9 Å². The monoisotopic (exact) mass is 412 g/mol. The largest absolute Gasteiger partial charge is 0.496 e. The summed E-state index contributed by atoms with van der Waals surface area (Å²) in [6.45, 7) is -0.241. The highest BCUT2D eigenvalue weighted by Gasteiger charge is 2.14. The molecule has 2 rings (SSSR count). The maximum Gasteiger partial charge on any atom is 0.276 e. The van der Waals surface area contributed by atoms with Crippen molar-refractivity contribution < 1.29 is 19.1 Å². The van der Waals surface area contributed by atoms with E-state index in [4.69, 9.17) is 21.1 Å². The van der Waals surface area contributed by atoms with Gasteiger partial charge in [0, 0.05) is 9.50 Å². The van der Waals surface area contributed by atoms with Gasteiger partial charge in [-0.15, -0.1) is 0 Å². The zero-order valence-corrected chi connectivity index (χ0v) is 15.0. The van der Waals surface area contributed by atoms with Gasteiger partial charge in [0.15, 0.2) is 6.61 Å². The minimum absolute atomic E-state index is 0.208. The Bertz CT molecular complexity index is 737. The van der Waals surface area contributed by atoms with Crippen LogP contribution < -0.4 is 20.3 Å². The second-order valence-corrected chi connectivity index (χ2v) is 5.94. The normalized spacial score (nSPS) is 9.96. The molecule has 6 nitrogen and oxygen atoms in total. The second kappa shape index (κ2) is 8.56. The summed E-state index contributed by atoms with van der Waals surface area (Å²) < 4.78 is 11.3. The van der Waals surface area contributed by atoms with Crippen LogP contribution in [0.4, 0.5) is 0 Å². The fourth-order valence-corrected chi connectivity index (χ4v) is 2.20. The molecular weight excluding hydrogens is 400 g/mol. The first-order valence-electron chi connectivity index (χ1n) is 6.80. The van der Waals surface area contributed by atoms with Gasteiger partial charge in [-0.2, -0.15) is 0 Å². The number of methoxy groups -OCH3 is 1. The van der Waals surface area contributed by atoms with Crippen molar-refractivity contribution in [2.45, 2.75) is 0 Å². The molecule has 0 spiro atoms. The van der Waals surface area contributed by atoms with Gasteiger partial charge in [0.05, 0.1) is 12.7 Å². The smallest absolute Gasteiger partial charge is 0.276 e. The first kappa shape index (κ1) is 18.1. The molecule has 0 aliphatic rings. The Hall–Kier alpha value is -2.25. The number of hydrogen-bond donors (Lipinski definition) is 2. The molecule has 2 aromatic rings. The molecule has 0 fully saturated rings. The van der Waals surface area contributed by atoms with E-state index in [1.54, 1.807) is 36.4 Å². The van der Waals surface area contributed by atoms with Crippen LogP contribution in [0, 0.1) is 0 Å². The van der Waals surface area contributed by atoms with Gasteiger partial charge in [0.2, 0.25) is 0 Å². The van der Waals surface area contributed by atoms with Gasteiger partial charge in [-0.3, -0.25) is 20.4 Å². The van der Waals surface area contributed by atoms with Gasteiger partial charge < -0.3 is 9.47 Å². The zero-order valence-electron chi connectivity index (χ0n) is 12.6. The van der Waals surface area contributed by atoms with Crippen LogP contribution in [0.5, 0.6) is 11.5 Å². The van der Waals surface area contributed by atoms with Crippen molar-refractivity contribution in [3.63, 3.8) is 0 Å². The van der Waals surface area contributed by atoms with Gasteiger partial charge in [0.25, 0.3) is 11.8 Å². The lowest BCUT2D eigenvalue weighted by Gasteiger charge is -2.11. The molecule has 0 saturated carbocycles. The van der Waals surface area contributed by atoms with Crippen LogP contribution in [0.3, 0.4) is 0 Å². The van der Waals surface area contributed by atoms with Crippen molar-refractivity contribution in [1.29, 1.82) is 0 Å². The third kappa shape index (κ3) is 5.14. The summed E-state index contributed by atoms with van der Waals surface area (Å²) in [4.78, 5) is 23.8. The molecule has 2 aromatic carbocycles. The maximum absolute atomic E-state index is 12.1. The molecule has 126 valence electrons. The predicted molar refractivity (Wildman–Crippen MR) is 93.2 cm³/mol. The Morgan fingerprint density at radius 2 is 1.83 bits per heavy atom. The summed E-state index contributed by atoms with van der Waals surface area (Å²) in [5, 5.41) is 0.380. The Labute approximate surface area is 152 Å². The highest BCUT2D eigenvalue weighted by Crippen LogP contribution is 2.22. The number of halogens is 2. The van der Waals surface area contributed by atoms with E-state index in [1.807, 2.05) is 0 Å². The predicted octanol–water partition coefficient (Wildman–Crippen LogP) is 2.95. The fourth-order valence-electron chi connectivity index (χ4n) is 1.77. The molecule has 0 unspecified atom stereocenters. The molecule has 8 heteroatoms. The number of rotatable bonds is 5. The molecule has 2 N–H and O–H groups in total. The lowest BCUT2D eigenvalue weighted by atomic mass is 10.2. The van der Waals surface area contributed by atoms with Crippen molar-refractivity contribution in [3.05, 3.63) is 57.5 Å². The molecule has 24 heavy (non-hydrogen) atoms. The molecular formula is C16H14BrClN2O4. The topological polar surface area (TPSA) is 76.7 Å². The number of hydrogen-bond acceptors (Lipinski definition) is 4. The summed E-state index contributed by atoms with van der Waals surface area (Å²) in [7, 11) is 1.44. The molecule has 0 heterocycles. The van der Waals surface area contributed by atoms with Crippen molar-refractivity contribution in [2.24, 2.45) is 0 Å². The molecule has 0 saturated heterocycles. The lowest BCUT2D eigenvalue weighted by molar-refractivity contribution is -0.123. The van der Waals surface area contributed by atoms with Gasteiger partial charge in [0.1, 0.15) is 11.5 Å². The zero-order chi connectivity index (χ0) is 17.5. The van der Waals surface area contributed by atoms with Crippen LogP contribution in [0.1, 0.15) is 10.4 Å². The molecule has 0 aromatic heterocycles. The van der Waals surface area contributed by atoms with Gasteiger partial charge >= 0.3 is 0 Å². The number of ether oxygens (including phenoxy) is 2. The van der Waals surface area contributed by atoms with Crippen molar-refractivity contribution in [2.75, 3.05) is 13.7 Å². The quantitative estimate of drug-likeness (QED) is 0.739. The van der Waals surface area contributed by atoms with E-state index in [0.717, 1.165) is 4.47 Å². The standard InChI is InChI=1S/C16H14BrClN2O4/c1-23-14-7-4-11(18)8-13(14)16(22)20-19-15(21)9-24-12-5-2-10(17)3-6-12/h2-8H,9H2,1H3,(H,19,21)(H,20,22). The van der Waals surface area contributed by atoms with Gasteiger partial charge in [-0.1, -0.05) is 27.5 Å². The summed E-state index contributed by atoms with van der Waals surface area (Å²) in [6.07, 6.45) is 0. The van der Waals surface area contributed by atoms with Crippen LogP contribution in [0.2, 0.25) is 5.02 Å². The number of carbonyl (C=O) groups excluding carboxylic acids is 2. The second-order valence-electron chi connectivity index (χ2n) is 4.59. The summed E-state index contributed by atoms with van der Waals surface area (Å²) in [5.41, 5.74) is 4.75. The van der Waals surface area contributed by atoms with E-state index >= 15 is 0 Å². The molecule has 0 atom stereocenters. The van der Waals surface area contributed by atoms with Gasteiger partial charge in [-0.05, 0) is 42.5 Å². The molecule has 0 aliphatic heterocycles. The van der Waals surface area contributed by atoms with E-state index in [0.29, 0.717) is 16.5 Å². The Morgan fingerprint density at radius 1 is 1.12 bits per heavy atom. The van der Waals surface area contributed by atoms with E-state index in [2.05, 4.69) is 26.8 Å². The summed E-state index contributed by atoms with van der Waals surface area (Å²) in [5.74, 6) is -0.174. The number of amides is 2. The van der Waals surface area contributed by atoms with E-state index in [9.17, 15) is 9.59 Å². The Kier molecular flexibility index (Phi) is 6.45. The molecule has 0 bridgehead atoms. The first-order valence-corrected chi connectivity index (χ1v) is 7.98. The first-order chi connectivity index (χ1) is 11.5. The highest BCUT2D eigenvalue weighted by atomic mass is 79.9. The summed E-state index contributed by atoms with van der Waals surface area (Å²) in [6, 6.07) is 11.6. The van der Waals surface area contributed by atoms with E-state index in [-0.39, 0.29) is 12.2 Å². The SMILES string of the molecule is COc1ccc(Cl)cc1C(=O)NNC(=O)COc1ccc(Br)cc1.